The van der Waals surface area contributed by atoms with Gasteiger partial charge in [-0.05, 0) is 55.2 Å². The summed E-state index contributed by atoms with van der Waals surface area (Å²) < 4.78 is 11.2. The fourth-order valence-electron chi connectivity index (χ4n) is 4.07. The number of carbonyl (C=O) groups is 2. The van der Waals surface area contributed by atoms with Crippen molar-refractivity contribution in [1.29, 1.82) is 0 Å². The molecule has 4 rings (SSSR count). The first-order chi connectivity index (χ1) is 13.1. The minimum atomic E-state index is -0.393. The monoisotopic (exact) mass is 365 g/mol. The van der Waals surface area contributed by atoms with Gasteiger partial charge in [0.1, 0.15) is 5.60 Å². The van der Waals surface area contributed by atoms with Crippen LogP contribution < -0.4 is 0 Å². The molecule has 0 unspecified atom stereocenters. The van der Waals surface area contributed by atoms with Crippen molar-refractivity contribution in [2.75, 3.05) is 26.3 Å². The summed E-state index contributed by atoms with van der Waals surface area (Å²) in [4.78, 5) is 26.7. The third kappa shape index (κ3) is 3.23. The van der Waals surface area contributed by atoms with Crippen LogP contribution in [-0.4, -0.2) is 43.1 Å². The van der Waals surface area contributed by atoms with Gasteiger partial charge in [0.15, 0.2) is 0 Å². The van der Waals surface area contributed by atoms with Gasteiger partial charge in [-0.25, -0.2) is 4.79 Å². The van der Waals surface area contributed by atoms with Crippen LogP contribution in [-0.2, 0) is 21.5 Å². The molecule has 0 saturated carbocycles. The third-order valence-electron chi connectivity index (χ3n) is 5.42. The molecular formula is C22H23NO4. The Bertz CT molecular complexity index is 857. The van der Waals surface area contributed by atoms with Crippen molar-refractivity contribution in [2.24, 2.45) is 0 Å². The Morgan fingerprint density at radius 1 is 1.11 bits per heavy atom. The van der Waals surface area contributed by atoms with Gasteiger partial charge in [0.05, 0.1) is 25.3 Å². The maximum atomic E-state index is 13.0. The minimum absolute atomic E-state index is 0.0301. The first kappa shape index (κ1) is 17.7. The van der Waals surface area contributed by atoms with E-state index in [9.17, 15) is 9.59 Å². The van der Waals surface area contributed by atoms with Gasteiger partial charge in [0.2, 0.25) is 0 Å². The molecule has 27 heavy (non-hydrogen) atoms. The average molecular weight is 365 g/mol. The molecule has 2 aromatic rings. The minimum Gasteiger partial charge on any atom is -0.462 e. The zero-order chi connectivity index (χ0) is 18.9. The molecule has 1 spiro atoms. The molecule has 2 aliphatic rings. The van der Waals surface area contributed by atoms with E-state index >= 15 is 0 Å². The third-order valence-corrected chi connectivity index (χ3v) is 5.42. The lowest BCUT2D eigenvalue weighted by Crippen LogP contribution is -2.51. The van der Waals surface area contributed by atoms with Crippen molar-refractivity contribution in [3.05, 3.63) is 70.8 Å². The highest BCUT2D eigenvalue weighted by atomic mass is 16.5. The molecule has 1 saturated heterocycles. The van der Waals surface area contributed by atoms with E-state index < -0.39 is 5.60 Å². The first-order valence-corrected chi connectivity index (χ1v) is 9.42. The Hall–Kier alpha value is -2.66. The highest BCUT2D eigenvalue weighted by Crippen LogP contribution is 2.42. The molecule has 1 aliphatic heterocycles. The quantitative estimate of drug-likeness (QED) is 0.784. The second-order valence-electron chi connectivity index (χ2n) is 7.02. The molecule has 0 bridgehead atoms. The highest BCUT2D eigenvalue weighted by Gasteiger charge is 2.44. The lowest BCUT2D eigenvalue weighted by atomic mass is 9.93. The van der Waals surface area contributed by atoms with E-state index in [1.807, 2.05) is 11.0 Å². The van der Waals surface area contributed by atoms with E-state index in [-0.39, 0.29) is 11.9 Å². The van der Waals surface area contributed by atoms with Crippen LogP contribution >= 0.6 is 0 Å². The van der Waals surface area contributed by atoms with Crippen LogP contribution in [0.5, 0.6) is 0 Å². The summed E-state index contributed by atoms with van der Waals surface area (Å²) in [6.07, 6.45) is 1.88. The summed E-state index contributed by atoms with van der Waals surface area (Å²) in [6, 6.07) is 15.0. The Labute approximate surface area is 158 Å². The van der Waals surface area contributed by atoms with Gasteiger partial charge in [-0.15, -0.1) is 0 Å². The molecule has 5 heteroatoms. The summed E-state index contributed by atoms with van der Waals surface area (Å²) in [6.45, 7) is 3.76. The average Bonchev–Trinajstić information content (AvgIpc) is 3.06. The van der Waals surface area contributed by atoms with Crippen molar-refractivity contribution in [3.8, 4) is 0 Å². The molecular weight excluding hydrogens is 342 g/mol. The van der Waals surface area contributed by atoms with Crippen LogP contribution in [0.25, 0.3) is 0 Å². The van der Waals surface area contributed by atoms with Crippen LogP contribution in [0.15, 0.2) is 48.5 Å². The normalized spacial score (nSPS) is 21.1. The Morgan fingerprint density at radius 3 is 2.63 bits per heavy atom. The Morgan fingerprint density at radius 2 is 1.85 bits per heavy atom. The second-order valence-corrected chi connectivity index (χ2v) is 7.02. The van der Waals surface area contributed by atoms with Gasteiger partial charge in [-0.1, -0.05) is 24.3 Å². The van der Waals surface area contributed by atoms with Gasteiger partial charge in [-0.2, -0.15) is 0 Å². The molecule has 0 N–H and O–H groups in total. The number of ether oxygens (including phenoxy) is 2. The zero-order valence-electron chi connectivity index (χ0n) is 15.4. The molecule has 1 heterocycles. The molecule has 1 atom stereocenters. The summed E-state index contributed by atoms with van der Waals surface area (Å²) in [5, 5.41) is 0. The number of morpholine rings is 1. The van der Waals surface area contributed by atoms with Gasteiger partial charge in [0.25, 0.3) is 5.91 Å². The molecule has 140 valence electrons. The maximum Gasteiger partial charge on any atom is 0.338 e. The predicted molar refractivity (Wildman–Crippen MR) is 101 cm³/mol. The predicted octanol–water partition coefficient (Wildman–Crippen LogP) is 3.18. The number of nitrogens with zero attached hydrogens (tertiary/aromatic N) is 1. The van der Waals surface area contributed by atoms with Crippen molar-refractivity contribution >= 4 is 11.9 Å². The van der Waals surface area contributed by atoms with E-state index in [0.717, 1.165) is 12.8 Å². The van der Waals surface area contributed by atoms with Crippen molar-refractivity contribution in [1.82, 2.24) is 4.90 Å². The molecule has 0 aromatic heterocycles. The van der Waals surface area contributed by atoms with Crippen LogP contribution in [0.1, 0.15) is 45.2 Å². The Balaban J connectivity index is 1.52. The summed E-state index contributed by atoms with van der Waals surface area (Å²) >= 11 is 0. The molecule has 2 aromatic carbocycles. The fourth-order valence-corrected chi connectivity index (χ4v) is 4.07. The van der Waals surface area contributed by atoms with Gasteiger partial charge in [-0.3, -0.25) is 4.79 Å². The van der Waals surface area contributed by atoms with Gasteiger partial charge < -0.3 is 14.4 Å². The molecule has 5 nitrogen and oxygen atoms in total. The summed E-state index contributed by atoms with van der Waals surface area (Å²) in [5.41, 5.74) is 3.16. The van der Waals surface area contributed by atoms with Crippen LogP contribution in [0.2, 0.25) is 0 Å². The molecule has 1 fully saturated rings. The fraction of sp³-hybridized carbons (Fsp3) is 0.364. The standard InChI is InChI=1S/C22H23NO4/c1-2-26-21(25)18-9-7-17(8-10-18)20(24)23-13-14-27-22(15-23)12-11-16-5-3-4-6-19(16)22/h3-10H,2,11-15H2,1H3/t22-/m0/s1. The number of amides is 1. The number of aryl methyl sites for hydroxylation is 1. The lowest BCUT2D eigenvalue weighted by molar-refractivity contribution is -0.103. The van der Waals surface area contributed by atoms with Gasteiger partial charge in [0, 0.05) is 12.1 Å². The number of carbonyl (C=O) groups excluding carboxylic acids is 2. The molecule has 1 aliphatic carbocycles. The number of hydrogen-bond acceptors (Lipinski definition) is 4. The van der Waals surface area contributed by atoms with E-state index in [2.05, 4.69) is 18.2 Å². The first-order valence-electron chi connectivity index (χ1n) is 9.42. The lowest BCUT2D eigenvalue weighted by Gasteiger charge is -2.41. The van der Waals surface area contributed by atoms with Crippen molar-refractivity contribution in [2.45, 2.75) is 25.4 Å². The van der Waals surface area contributed by atoms with E-state index in [0.29, 0.717) is 37.4 Å². The van der Waals surface area contributed by atoms with E-state index in [1.54, 1.807) is 31.2 Å². The number of rotatable bonds is 3. The molecule has 1 amide bonds. The van der Waals surface area contributed by atoms with Crippen LogP contribution in [0, 0.1) is 0 Å². The van der Waals surface area contributed by atoms with Crippen molar-refractivity contribution < 1.29 is 19.1 Å². The smallest absolute Gasteiger partial charge is 0.338 e. The number of benzene rings is 2. The number of esters is 1. The summed E-state index contributed by atoms with van der Waals surface area (Å²) in [7, 11) is 0. The highest BCUT2D eigenvalue weighted by molar-refractivity contribution is 5.96. The van der Waals surface area contributed by atoms with Gasteiger partial charge >= 0.3 is 5.97 Å². The Kier molecular flexibility index (Phi) is 4.70. The van der Waals surface area contributed by atoms with Crippen molar-refractivity contribution in [3.63, 3.8) is 0 Å². The largest absolute Gasteiger partial charge is 0.462 e. The maximum absolute atomic E-state index is 13.0. The zero-order valence-corrected chi connectivity index (χ0v) is 15.4. The topological polar surface area (TPSA) is 55.8 Å². The number of fused-ring (bicyclic) bond motifs is 2. The second kappa shape index (κ2) is 7.16. The van der Waals surface area contributed by atoms with E-state index in [1.165, 1.54) is 11.1 Å². The van der Waals surface area contributed by atoms with Crippen LogP contribution in [0.4, 0.5) is 0 Å². The van der Waals surface area contributed by atoms with Crippen LogP contribution in [0.3, 0.4) is 0 Å². The molecule has 0 radical (unpaired) electrons. The SMILES string of the molecule is CCOC(=O)c1ccc(C(=O)N2CCO[C@@]3(CCc4ccccc43)C2)cc1. The number of hydrogen-bond donors (Lipinski definition) is 0. The van der Waals surface area contributed by atoms with E-state index in [4.69, 9.17) is 9.47 Å². The summed E-state index contributed by atoms with van der Waals surface area (Å²) in [5.74, 6) is -0.401.